The van der Waals surface area contributed by atoms with Crippen molar-refractivity contribution in [3.8, 4) is 5.75 Å². The van der Waals surface area contributed by atoms with Crippen LogP contribution in [0.3, 0.4) is 0 Å². The van der Waals surface area contributed by atoms with Crippen LogP contribution < -0.4 is 15.0 Å². The number of anilines is 1. The van der Waals surface area contributed by atoms with Crippen molar-refractivity contribution in [2.24, 2.45) is 0 Å². The van der Waals surface area contributed by atoms with Gasteiger partial charge in [-0.15, -0.1) is 0 Å². The Morgan fingerprint density at radius 1 is 1.12 bits per heavy atom. The summed E-state index contributed by atoms with van der Waals surface area (Å²) in [7, 11) is 1.49. The molecule has 0 atom stereocenters. The minimum atomic E-state index is -0.704. The molecule has 2 aromatic carbocycles. The van der Waals surface area contributed by atoms with Crippen LogP contribution >= 0.6 is 12.2 Å². The van der Waals surface area contributed by atoms with Crippen LogP contribution in [0.15, 0.2) is 54.1 Å². The van der Waals surface area contributed by atoms with E-state index in [0.717, 1.165) is 4.90 Å². The predicted octanol–water partition coefficient (Wildman–Crippen LogP) is 2.67. The molecule has 0 spiro atoms. The van der Waals surface area contributed by atoms with E-state index in [0.29, 0.717) is 11.3 Å². The molecule has 0 radical (unpaired) electrons. The van der Waals surface area contributed by atoms with Gasteiger partial charge >= 0.3 is 0 Å². The number of amides is 2. The van der Waals surface area contributed by atoms with Crippen molar-refractivity contribution < 1.29 is 18.7 Å². The van der Waals surface area contributed by atoms with Crippen LogP contribution in [-0.4, -0.2) is 24.0 Å². The Kier molecular flexibility index (Phi) is 4.58. The van der Waals surface area contributed by atoms with Gasteiger partial charge in [0, 0.05) is 5.56 Å². The molecule has 3 rings (SSSR count). The molecule has 5 nitrogen and oxygen atoms in total. The molecule has 126 valence electrons. The zero-order chi connectivity index (χ0) is 18.0. The second kappa shape index (κ2) is 6.82. The Morgan fingerprint density at radius 3 is 2.52 bits per heavy atom. The molecule has 0 aromatic heterocycles. The Labute approximate surface area is 148 Å². The molecule has 0 bridgehead atoms. The van der Waals surface area contributed by atoms with E-state index in [1.807, 2.05) is 0 Å². The van der Waals surface area contributed by atoms with Gasteiger partial charge in [-0.3, -0.25) is 14.9 Å². The maximum Gasteiger partial charge on any atom is 0.270 e. The molecule has 1 N–H and O–H groups in total. The number of nitrogens with one attached hydrogen (secondary N) is 1. The van der Waals surface area contributed by atoms with Crippen molar-refractivity contribution in [3.05, 3.63) is 65.5 Å². The van der Waals surface area contributed by atoms with Gasteiger partial charge in [-0.1, -0.05) is 30.3 Å². The van der Waals surface area contributed by atoms with Crippen molar-refractivity contribution >= 4 is 40.9 Å². The van der Waals surface area contributed by atoms with Crippen LogP contribution in [0.4, 0.5) is 10.1 Å². The van der Waals surface area contributed by atoms with E-state index in [1.54, 1.807) is 30.3 Å². The Hall–Kier alpha value is -3.06. The number of halogens is 1. The third-order valence-electron chi connectivity index (χ3n) is 3.63. The molecule has 0 aliphatic carbocycles. The Bertz CT molecular complexity index is 911. The summed E-state index contributed by atoms with van der Waals surface area (Å²) in [5.41, 5.74) is 0.356. The number of hydrogen-bond acceptors (Lipinski definition) is 4. The first-order valence-electron chi connectivity index (χ1n) is 7.32. The summed E-state index contributed by atoms with van der Waals surface area (Å²) in [5.74, 6) is -1.47. The normalized spacial score (nSPS) is 16.2. The van der Waals surface area contributed by atoms with Crippen LogP contribution in [0.5, 0.6) is 5.75 Å². The fraction of sp³-hybridized carbons (Fsp3) is 0.0556. The van der Waals surface area contributed by atoms with Gasteiger partial charge in [0.15, 0.2) is 5.11 Å². The molecule has 1 fully saturated rings. The van der Waals surface area contributed by atoms with Crippen LogP contribution in [-0.2, 0) is 9.59 Å². The number of rotatable bonds is 3. The quantitative estimate of drug-likeness (QED) is 0.522. The van der Waals surface area contributed by atoms with Gasteiger partial charge in [0.25, 0.3) is 11.8 Å². The van der Waals surface area contributed by atoms with Crippen molar-refractivity contribution in [3.63, 3.8) is 0 Å². The molecule has 2 amide bonds. The first kappa shape index (κ1) is 16.8. The van der Waals surface area contributed by atoms with E-state index < -0.39 is 17.6 Å². The lowest BCUT2D eigenvalue weighted by Gasteiger charge is -2.29. The number of nitrogens with zero attached hydrogens (tertiary/aromatic N) is 1. The van der Waals surface area contributed by atoms with Gasteiger partial charge < -0.3 is 4.74 Å². The lowest BCUT2D eigenvalue weighted by molar-refractivity contribution is -0.122. The predicted molar refractivity (Wildman–Crippen MR) is 95.6 cm³/mol. The Balaban J connectivity index is 2.07. The minimum Gasteiger partial charge on any atom is -0.496 e. The van der Waals surface area contributed by atoms with Gasteiger partial charge in [0.1, 0.15) is 17.1 Å². The summed E-state index contributed by atoms with van der Waals surface area (Å²) in [4.78, 5) is 26.0. The lowest BCUT2D eigenvalue weighted by atomic mass is 10.1. The van der Waals surface area contributed by atoms with E-state index in [9.17, 15) is 14.0 Å². The number of para-hydroxylation sites is 2. The number of benzene rings is 2. The number of hydrogen-bond donors (Lipinski definition) is 1. The van der Waals surface area contributed by atoms with Crippen LogP contribution in [0, 0.1) is 5.82 Å². The van der Waals surface area contributed by atoms with Crippen molar-refractivity contribution in [2.45, 2.75) is 0 Å². The van der Waals surface area contributed by atoms with E-state index in [1.165, 1.54) is 31.4 Å². The maximum atomic E-state index is 14.1. The highest BCUT2D eigenvalue weighted by atomic mass is 32.1. The van der Waals surface area contributed by atoms with E-state index in [-0.39, 0.29) is 16.4 Å². The van der Waals surface area contributed by atoms with Gasteiger partial charge in [-0.05, 0) is 36.5 Å². The molecule has 1 aliphatic rings. The lowest BCUT2D eigenvalue weighted by Crippen LogP contribution is -2.54. The topological polar surface area (TPSA) is 58.6 Å². The highest BCUT2D eigenvalue weighted by molar-refractivity contribution is 7.80. The average molecular weight is 356 g/mol. The second-order valence-electron chi connectivity index (χ2n) is 5.15. The molecule has 25 heavy (non-hydrogen) atoms. The first-order chi connectivity index (χ1) is 12.0. The molecule has 1 heterocycles. The summed E-state index contributed by atoms with van der Waals surface area (Å²) >= 11 is 5.04. The largest absolute Gasteiger partial charge is 0.496 e. The summed E-state index contributed by atoms with van der Waals surface area (Å²) in [6.07, 6.45) is 1.39. The number of carbonyl (C=O) groups excluding carboxylic acids is 2. The second-order valence-corrected chi connectivity index (χ2v) is 5.54. The number of carbonyl (C=O) groups is 2. The van der Waals surface area contributed by atoms with Crippen molar-refractivity contribution in [2.75, 3.05) is 12.0 Å². The molecule has 7 heteroatoms. The third-order valence-corrected chi connectivity index (χ3v) is 3.92. The molecular weight excluding hydrogens is 343 g/mol. The maximum absolute atomic E-state index is 14.1. The first-order valence-corrected chi connectivity index (χ1v) is 7.72. The molecular formula is C18H13FN2O3S. The van der Waals surface area contributed by atoms with E-state index in [4.69, 9.17) is 17.0 Å². The van der Waals surface area contributed by atoms with E-state index >= 15 is 0 Å². The average Bonchev–Trinajstić information content (AvgIpc) is 2.60. The third kappa shape index (κ3) is 3.14. The fourth-order valence-electron chi connectivity index (χ4n) is 2.45. The molecule has 0 unspecified atom stereocenters. The standard InChI is InChI=1S/C18H13FN2O3S/c1-24-15-9-5-2-6-11(15)10-12-16(22)20-18(25)21(17(12)23)14-8-4-3-7-13(14)19/h2-10H,1H3,(H,20,22,25). The van der Waals surface area contributed by atoms with Crippen molar-refractivity contribution in [1.82, 2.24) is 5.32 Å². The number of methoxy groups -OCH3 is 1. The zero-order valence-electron chi connectivity index (χ0n) is 13.2. The molecule has 0 saturated carbocycles. The smallest absolute Gasteiger partial charge is 0.270 e. The van der Waals surface area contributed by atoms with Crippen LogP contribution in [0.1, 0.15) is 5.56 Å². The van der Waals surface area contributed by atoms with Gasteiger partial charge in [0.05, 0.1) is 12.8 Å². The molecule has 1 aliphatic heterocycles. The summed E-state index contributed by atoms with van der Waals surface area (Å²) < 4.78 is 19.3. The highest BCUT2D eigenvalue weighted by Gasteiger charge is 2.35. The van der Waals surface area contributed by atoms with Gasteiger partial charge in [0.2, 0.25) is 0 Å². The number of ether oxygens (including phenoxy) is 1. The fourth-order valence-corrected chi connectivity index (χ4v) is 2.72. The minimum absolute atomic E-state index is 0.0246. The van der Waals surface area contributed by atoms with Gasteiger partial charge in [-0.25, -0.2) is 9.29 Å². The summed E-state index contributed by atoms with van der Waals surface area (Å²) in [6.45, 7) is 0. The number of thiocarbonyl (C=S) groups is 1. The molecule has 2 aromatic rings. The van der Waals surface area contributed by atoms with Crippen LogP contribution in [0.2, 0.25) is 0 Å². The van der Waals surface area contributed by atoms with Crippen molar-refractivity contribution in [1.29, 1.82) is 0 Å². The summed E-state index contributed by atoms with van der Waals surface area (Å²) in [6, 6.07) is 12.6. The zero-order valence-corrected chi connectivity index (χ0v) is 14.0. The SMILES string of the molecule is COc1ccccc1C=C1C(=O)NC(=S)N(c2ccccc2F)C1=O. The van der Waals surface area contributed by atoms with Gasteiger partial charge in [-0.2, -0.15) is 0 Å². The molecule has 1 saturated heterocycles. The summed E-state index contributed by atoms with van der Waals surface area (Å²) in [5, 5.41) is 2.25. The monoisotopic (exact) mass is 356 g/mol. The Morgan fingerprint density at radius 2 is 1.80 bits per heavy atom. The van der Waals surface area contributed by atoms with E-state index in [2.05, 4.69) is 5.32 Å². The van der Waals surface area contributed by atoms with Crippen LogP contribution in [0.25, 0.3) is 6.08 Å². The highest BCUT2D eigenvalue weighted by Crippen LogP contribution is 2.26.